The minimum absolute atomic E-state index is 0.236. The zero-order chi connectivity index (χ0) is 18.9. The highest BCUT2D eigenvalue weighted by Gasteiger charge is 2.15. The number of H-pyrrole nitrogens is 1. The number of nitrogens with one attached hydrogen (secondary N) is 1. The predicted octanol–water partition coefficient (Wildman–Crippen LogP) is 3.67. The minimum atomic E-state index is -0.236. The van der Waals surface area contributed by atoms with Crippen molar-refractivity contribution in [1.82, 2.24) is 14.3 Å². The van der Waals surface area contributed by atoms with E-state index >= 15 is 0 Å². The third-order valence-corrected chi connectivity index (χ3v) is 4.08. The number of rotatable bonds is 4. The van der Waals surface area contributed by atoms with E-state index in [0.29, 0.717) is 21.6 Å². The summed E-state index contributed by atoms with van der Waals surface area (Å²) in [6, 6.07) is 14.8. The van der Waals surface area contributed by atoms with E-state index in [2.05, 4.69) is 36.5 Å². The number of nitrogens with zero attached hydrogens (tertiary/aromatic N) is 4. The second kappa shape index (κ2) is 6.61. The maximum absolute atomic E-state index is 12.7. The van der Waals surface area contributed by atoms with E-state index < -0.39 is 0 Å². The number of quaternary nitrogens is 1. The Bertz CT molecular complexity index is 988. The summed E-state index contributed by atoms with van der Waals surface area (Å²) in [5, 5.41) is 11.3. The van der Waals surface area contributed by atoms with Gasteiger partial charge in [0.05, 0.1) is 38.2 Å². The first-order chi connectivity index (χ1) is 12.3. The molecule has 0 spiro atoms. The quantitative estimate of drug-likeness (QED) is 0.427. The molecule has 0 bridgehead atoms. The standard InChI is InChI=1S/C19H22N6O/c1-13-18(22-21-15-7-5-14(20)6-8-15)19(26)24(23-13)16-9-11-17(12-10-16)25(2,3)4/h5-12H,1-4H3,(H2-,20,21,22,23,26)/p+1. The Morgan fingerprint density at radius 3 is 2.15 bits per heavy atom. The van der Waals surface area contributed by atoms with Crippen LogP contribution in [0, 0.1) is 6.92 Å². The molecule has 0 aliphatic heterocycles. The van der Waals surface area contributed by atoms with Gasteiger partial charge in [-0.1, -0.05) is 0 Å². The molecule has 3 rings (SSSR count). The first-order valence-corrected chi connectivity index (χ1v) is 8.27. The Hall–Kier alpha value is -3.19. The zero-order valence-corrected chi connectivity index (χ0v) is 15.4. The summed E-state index contributed by atoms with van der Waals surface area (Å²) in [7, 11) is 6.28. The van der Waals surface area contributed by atoms with E-state index in [9.17, 15) is 4.79 Å². The molecule has 0 atom stereocenters. The molecule has 0 radical (unpaired) electrons. The van der Waals surface area contributed by atoms with Gasteiger partial charge in [-0.25, -0.2) is 4.68 Å². The average molecular weight is 351 g/mol. The third kappa shape index (κ3) is 3.57. The van der Waals surface area contributed by atoms with Crippen LogP contribution in [0.5, 0.6) is 0 Å². The Labute approximate surface area is 152 Å². The van der Waals surface area contributed by atoms with Gasteiger partial charge in [0, 0.05) is 17.8 Å². The first-order valence-electron chi connectivity index (χ1n) is 8.27. The van der Waals surface area contributed by atoms with Crippen LogP contribution in [0.25, 0.3) is 5.69 Å². The molecule has 3 N–H and O–H groups in total. The lowest BCUT2D eigenvalue weighted by Gasteiger charge is -2.23. The molecule has 0 saturated carbocycles. The average Bonchev–Trinajstić information content (AvgIpc) is 2.88. The summed E-state index contributed by atoms with van der Waals surface area (Å²) in [4.78, 5) is 12.7. The molecule has 7 heteroatoms. The molecule has 0 unspecified atom stereocenters. The lowest BCUT2D eigenvalue weighted by Crippen LogP contribution is -2.34. The normalized spacial score (nSPS) is 12.0. The molecule has 0 fully saturated rings. The van der Waals surface area contributed by atoms with Gasteiger partial charge >= 0.3 is 0 Å². The van der Waals surface area contributed by atoms with Crippen LogP contribution in [-0.4, -0.2) is 30.9 Å². The fraction of sp³-hybridized carbons (Fsp3) is 0.211. The molecule has 26 heavy (non-hydrogen) atoms. The highest BCUT2D eigenvalue weighted by molar-refractivity contribution is 5.50. The largest absolute Gasteiger partial charge is 0.399 e. The summed E-state index contributed by atoms with van der Waals surface area (Å²) in [5.74, 6) is 0. The summed E-state index contributed by atoms with van der Waals surface area (Å²) in [5.41, 5.74) is 9.56. The Morgan fingerprint density at radius 2 is 1.58 bits per heavy atom. The van der Waals surface area contributed by atoms with Gasteiger partial charge in [-0.3, -0.25) is 14.4 Å². The summed E-state index contributed by atoms with van der Waals surface area (Å²) < 4.78 is 2.19. The molecular weight excluding hydrogens is 328 g/mol. The minimum Gasteiger partial charge on any atom is -0.399 e. The van der Waals surface area contributed by atoms with Crippen molar-refractivity contribution in [2.24, 2.45) is 10.2 Å². The number of hydrogen-bond donors (Lipinski definition) is 2. The second-order valence-corrected chi connectivity index (χ2v) is 7.05. The van der Waals surface area contributed by atoms with Crippen LogP contribution in [0.15, 0.2) is 63.6 Å². The molecule has 1 aromatic heterocycles. The molecule has 0 amide bonds. The topological polar surface area (TPSA) is 88.5 Å². The van der Waals surface area contributed by atoms with Crippen molar-refractivity contribution in [2.45, 2.75) is 6.92 Å². The van der Waals surface area contributed by atoms with Crippen molar-refractivity contribution in [3.8, 4) is 5.69 Å². The number of aromatic nitrogens is 2. The molecule has 7 nitrogen and oxygen atoms in total. The lowest BCUT2D eigenvalue weighted by atomic mass is 10.2. The van der Waals surface area contributed by atoms with Crippen LogP contribution >= 0.6 is 0 Å². The van der Waals surface area contributed by atoms with Crippen molar-refractivity contribution >= 4 is 22.7 Å². The van der Waals surface area contributed by atoms with Gasteiger partial charge in [-0.15, -0.1) is 5.11 Å². The van der Waals surface area contributed by atoms with Gasteiger partial charge in [-0.05, 0) is 43.3 Å². The number of hydrogen-bond acceptors (Lipinski definition) is 4. The van der Waals surface area contributed by atoms with E-state index in [1.165, 1.54) is 4.68 Å². The highest BCUT2D eigenvalue weighted by Crippen LogP contribution is 2.21. The van der Waals surface area contributed by atoms with E-state index in [1.54, 1.807) is 31.2 Å². The third-order valence-electron chi connectivity index (χ3n) is 4.08. The summed E-state index contributed by atoms with van der Waals surface area (Å²) in [6.45, 7) is 1.80. The number of aromatic amines is 1. The van der Waals surface area contributed by atoms with Crippen molar-refractivity contribution in [1.29, 1.82) is 0 Å². The highest BCUT2D eigenvalue weighted by atomic mass is 16.1. The van der Waals surface area contributed by atoms with E-state index in [4.69, 9.17) is 5.73 Å². The number of benzene rings is 2. The SMILES string of the molecule is Cc1[nH]n(-c2ccc([N+](C)(C)C)cc2)c(=O)c1N=Nc1ccc(N)cc1. The van der Waals surface area contributed by atoms with Gasteiger partial charge in [-0.2, -0.15) is 5.11 Å². The van der Waals surface area contributed by atoms with Crippen molar-refractivity contribution in [2.75, 3.05) is 26.9 Å². The molecule has 134 valence electrons. The van der Waals surface area contributed by atoms with Gasteiger partial charge in [0.15, 0.2) is 5.69 Å². The second-order valence-electron chi connectivity index (χ2n) is 7.05. The van der Waals surface area contributed by atoms with Crippen LogP contribution in [0.4, 0.5) is 22.7 Å². The number of azo groups is 1. The van der Waals surface area contributed by atoms with Gasteiger partial charge in [0.1, 0.15) is 5.69 Å². The van der Waals surface area contributed by atoms with Crippen LogP contribution in [0.2, 0.25) is 0 Å². The molecule has 0 aliphatic rings. The Balaban J connectivity index is 1.93. The van der Waals surface area contributed by atoms with E-state index in [-0.39, 0.29) is 11.2 Å². The Kier molecular flexibility index (Phi) is 4.48. The Morgan fingerprint density at radius 1 is 0.962 bits per heavy atom. The lowest BCUT2D eigenvalue weighted by molar-refractivity contribution is 0.486. The molecule has 0 aliphatic carbocycles. The molecule has 1 heterocycles. The molecule has 3 aromatic rings. The monoisotopic (exact) mass is 351 g/mol. The maximum atomic E-state index is 12.7. The smallest absolute Gasteiger partial charge is 0.299 e. The van der Waals surface area contributed by atoms with E-state index in [1.807, 2.05) is 24.3 Å². The molecular formula is C19H23N6O+. The fourth-order valence-electron chi connectivity index (χ4n) is 2.53. The summed E-state index contributed by atoms with van der Waals surface area (Å²) >= 11 is 0. The van der Waals surface area contributed by atoms with Crippen molar-refractivity contribution in [3.05, 3.63) is 64.6 Å². The fourth-order valence-corrected chi connectivity index (χ4v) is 2.53. The van der Waals surface area contributed by atoms with Crippen LogP contribution < -0.4 is 15.8 Å². The van der Waals surface area contributed by atoms with E-state index in [0.717, 1.165) is 11.4 Å². The molecule has 0 saturated heterocycles. The van der Waals surface area contributed by atoms with Crippen LogP contribution in [0.3, 0.4) is 0 Å². The predicted molar refractivity (Wildman–Crippen MR) is 106 cm³/mol. The number of nitrogen functional groups attached to an aromatic ring is 1. The van der Waals surface area contributed by atoms with Crippen molar-refractivity contribution in [3.63, 3.8) is 0 Å². The van der Waals surface area contributed by atoms with Gasteiger partial charge in [0.25, 0.3) is 5.56 Å². The summed E-state index contributed by atoms with van der Waals surface area (Å²) in [6.07, 6.45) is 0. The zero-order valence-electron chi connectivity index (χ0n) is 15.4. The van der Waals surface area contributed by atoms with Gasteiger partial charge in [0.2, 0.25) is 0 Å². The van der Waals surface area contributed by atoms with Crippen molar-refractivity contribution < 1.29 is 0 Å². The molecule has 2 aromatic carbocycles. The number of aryl methyl sites for hydroxylation is 1. The number of nitrogens with two attached hydrogens (primary N) is 1. The van der Waals surface area contributed by atoms with Crippen LogP contribution in [-0.2, 0) is 0 Å². The maximum Gasteiger partial charge on any atom is 0.299 e. The first kappa shape index (κ1) is 17.6. The van der Waals surface area contributed by atoms with Crippen LogP contribution in [0.1, 0.15) is 5.69 Å². The van der Waals surface area contributed by atoms with Gasteiger partial charge < -0.3 is 5.73 Å². The number of anilines is 1.